The number of aromatic nitrogens is 1. The molecule has 1 aromatic carbocycles. The highest BCUT2D eigenvalue weighted by Gasteiger charge is 2.25. The second-order valence-electron chi connectivity index (χ2n) is 6.10. The van der Waals surface area contributed by atoms with Crippen LogP contribution < -0.4 is 16.0 Å². The highest BCUT2D eigenvalue weighted by Crippen LogP contribution is 2.28. The molecule has 3 N–H and O–H groups in total. The molecule has 26 heavy (non-hydrogen) atoms. The average Bonchev–Trinajstić information content (AvgIpc) is 3.44. The van der Waals surface area contributed by atoms with Gasteiger partial charge >= 0.3 is 6.03 Å². The van der Waals surface area contributed by atoms with Gasteiger partial charge in [-0.2, -0.15) is 0 Å². The van der Waals surface area contributed by atoms with Crippen LogP contribution >= 0.6 is 11.8 Å². The molecule has 2 aromatic rings. The lowest BCUT2D eigenvalue weighted by molar-refractivity contribution is -0.119. The van der Waals surface area contributed by atoms with Gasteiger partial charge in [-0.15, -0.1) is 0 Å². The summed E-state index contributed by atoms with van der Waals surface area (Å²) in [6.07, 6.45) is 2.01. The van der Waals surface area contributed by atoms with E-state index in [0.29, 0.717) is 16.1 Å². The Labute approximate surface area is 155 Å². The van der Waals surface area contributed by atoms with Crippen molar-refractivity contribution in [1.82, 2.24) is 20.9 Å². The van der Waals surface area contributed by atoms with Gasteiger partial charge < -0.3 is 10.6 Å². The fraction of sp³-hybridized carbons (Fsp3) is 0.333. The van der Waals surface area contributed by atoms with Crippen LogP contribution in [0.5, 0.6) is 0 Å². The van der Waals surface area contributed by atoms with Gasteiger partial charge in [-0.1, -0.05) is 30.0 Å². The van der Waals surface area contributed by atoms with E-state index in [4.69, 9.17) is 0 Å². The maximum Gasteiger partial charge on any atom is 0.321 e. The summed E-state index contributed by atoms with van der Waals surface area (Å²) in [5, 5.41) is 8.36. The maximum absolute atomic E-state index is 12.6. The van der Waals surface area contributed by atoms with Crippen molar-refractivity contribution in [3.8, 4) is 0 Å². The van der Waals surface area contributed by atoms with Crippen LogP contribution in [0.2, 0.25) is 0 Å². The molecule has 4 amide bonds. The lowest BCUT2D eigenvalue weighted by atomic mass is 10.1. The first-order chi connectivity index (χ1) is 12.5. The van der Waals surface area contributed by atoms with Crippen molar-refractivity contribution >= 4 is 40.5 Å². The van der Waals surface area contributed by atoms with Crippen LogP contribution in [0.3, 0.4) is 0 Å². The van der Waals surface area contributed by atoms with Gasteiger partial charge in [0.1, 0.15) is 0 Å². The molecule has 0 saturated heterocycles. The molecule has 1 fully saturated rings. The van der Waals surface area contributed by atoms with Crippen molar-refractivity contribution in [2.24, 2.45) is 0 Å². The van der Waals surface area contributed by atoms with Gasteiger partial charge in [0.05, 0.1) is 21.4 Å². The number of nitrogens with zero attached hydrogens (tertiary/aromatic N) is 1. The van der Waals surface area contributed by atoms with Crippen LogP contribution in [0.4, 0.5) is 4.79 Å². The van der Waals surface area contributed by atoms with Crippen LogP contribution in [0.25, 0.3) is 10.9 Å². The van der Waals surface area contributed by atoms with Gasteiger partial charge in [0, 0.05) is 18.5 Å². The number of nitrogens with one attached hydrogen (secondary N) is 3. The zero-order chi connectivity index (χ0) is 18.7. The lowest BCUT2D eigenvalue weighted by Gasteiger charge is -2.13. The first-order valence-corrected chi connectivity index (χ1v) is 9.25. The Bertz CT molecular complexity index is 867. The smallest absolute Gasteiger partial charge is 0.321 e. The monoisotopic (exact) mass is 372 g/mol. The van der Waals surface area contributed by atoms with Crippen LogP contribution in [0, 0.1) is 0 Å². The number of urea groups is 1. The molecule has 3 rings (SSSR count). The van der Waals surface area contributed by atoms with Crippen LogP contribution in [-0.2, 0) is 4.79 Å². The number of amides is 4. The Hall–Kier alpha value is -2.61. The van der Waals surface area contributed by atoms with E-state index in [1.165, 1.54) is 18.8 Å². The first-order valence-electron chi connectivity index (χ1n) is 8.38. The fourth-order valence-electron chi connectivity index (χ4n) is 2.40. The number of rotatable bonds is 5. The van der Waals surface area contributed by atoms with Crippen molar-refractivity contribution in [3.63, 3.8) is 0 Å². The van der Waals surface area contributed by atoms with Crippen molar-refractivity contribution in [2.45, 2.75) is 36.1 Å². The number of fused-ring (bicyclic) bond motifs is 1. The summed E-state index contributed by atoms with van der Waals surface area (Å²) in [6.45, 7) is 1.68. The third-order valence-corrected chi connectivity index (χ3v) is 5.00. The minimum absolute atomic E-state index is 0.129. The zero-order valence-electron chi connectivity index (χ0n) is 14.5. The Morgan fingerprint density at radius 2 is 1.96 bits per heavy atom. The number of hydrogen-bond donors (Lipinski definition) is 3. The summed E-state index contributed by atoms with van der Waals surface area (Å²) in [6, 6.07) is 8.82. The predicted molar refractivity (Wildman–Crippen MR) is 100 cm³/mol. The summed E-state index contributed by atoms with van der Waals surface area (Å²) in [7, 11) is 1.44. The Morgan fingerprint density at radius 1 is 1.23 bits per heavy atom. The Balaban J connectivity index is 1.85. The molecule has 8 heteroatoms. The van der Waals surface area contributed by atoms with Gasteiger partial charge in [0.15, 0.2) is 0 Å². The van der Waals surface area contributed by atoms with Gasteiger partial charge in [-0.05, 0) is 31.9 Å². The second kappa shape index (κ2) is 7.74. The van der Waals surface area contributed by atoms with Crippen LogP contribution in [0.15, 0.2) is 35.4 Å². The first kappa shape index (κ1) is 18.2. The topological polar surface area (TPSA) is 100 Å². The van der Waals surface area contributed by atoms with Gasteiger partial charge in [0.25, 0.3) is 5.91 Å². The average molecular weight is 372 g/mol. The van der Waals surface area contributed by atoms with E-state index in [0.717, 1.165) is 18.2 Å². The minimum Gasteiger partial charge on any atom is -0.349 e. The van der Waals surface area contributed by atoms with E-state index in [1.807, 2.05) is 24.3 Å². The van der Waals surface area contributed by atoms with E-state index >= 15 is 0 Å². The molecule has 1 atom stereocenters. The predicted octanol–water partition coefficient (Wildman–Crippen LogP) is 2.06. The largest absolute Gasteiger partial charge is 0.349 e. The number of carbonyl (C=O) groups is 3. The van der Waals surface area contributed by atoms with E-state index in [1.54, 1.807) is 13.0 Å². The molecular formula is C18H20N4O3S. The molecule has 1 aliphatic rings. The molecule has 1 aliphatic carbocycles. The number of para-hydroxylation sites is 1. The molecule has 1 saturated carbocycles. The van der Waals surface area contributed by atoms with Gasteiger partial charge in [0.2, 0.25) is 5.91 Å². The highest BCUT2D eigenvalue weighted by atomic mass is 32.2. The lowest BCUT2D eigenvalue weighted by Crippen LogP contribution is -2.41. The number of hydrogen-bond acceptors (Lipinski definition) is 5. The van der Waals surface area contributed by atoms with Gasteiger partial charge in [-0.25, -0.2) is 9.78 Å². The van der Waals surface area contributed by atoms with Crippen LogP contribution in [0.1, 0.15) is 30.1 Å². The molecular weight excluding hydrogens is 352 g/mol. The quantitative estimate of drug-likeness (QED) is 0.698. The van der Waals surface area contributed by atoms with E-state index < -0.39 is 17.2 Å². The molecule has 0 radical (unpaired) electrons. The molecule has 0 aliphatic heterocycles. The molecule has 1 heterocycles. The van der Waals surface area contributed by atoms with Crippen molar-refractivity contribution in [3.05, 3.63) is 35.9 Å². The number of carbonyl (C=O) groups excluding carboxylic acids is 3. The van der Waals surface area contributed by atoms with Crippen LogP contribution in [-0.4, -0.2) is 41.2 Å². The summed E-state index contributed by atoms with van der Waals surface area (Å²) in [4.78, 5) is 40.5. The minimum atomic E-state index is -0.557. The molecule has 0 bridgehead atoms. The third kappa shape index (κ3) is 4.32. The SMILES string of the molecule is CNC(=O)NC(=O)C(C)Sc1cc(C(=O)NC2CC2)c2ccccc2n1. The molecule has 1 aromatic heterocycles. The second-order valence-corrected chi connectivity index (χ2v) is 7.46. The molecule has 136 valence electrons. The molecule has 1 unspecified atom stereocenters. The van der Waals surface area contributed by atoms with E-state index in [2.05, 4.69) is 20.9 Å². The zero-order valence-corrected chi connectivity index (χ0v) is 15.4. The maximum atomic E-state index is 12.6. The number of imide groups is 1. The Kier molecular flexibility index (Phi) is 5.41. The summed E-state index contributed by atoms with van der Waals surface area (Å²) in [5.41, 5.74) is 1.24. The van der Waals surface area contributed by atoms with Gasteiger partial charge in [-0.3, -0.25) is 14.9 Å². The highest BCUT2D eigenvalue weighted by molar-refractivity contribution is 8.00. The third-order valence-electron chi connectivity index (χ3n) is 3.98. The molecule has 7 nitrogen and oxygen atoms in total. The van der Waals surface area contributed by atoms with Crippen molar-refractivity contribution in [2.75, 3.05) is 7.05 Å². The summed E-state index contributed by atoms with van der Waals surface area (Å²) in [5.74, 6) is -0.552. The van der Waals surface area contributed by atoms with E-state index in [9.17, 15) is 14.4 Å². The number of pyridine rings is 1. The van der Waals surface area contributed by atoms with Crippen molar-refractivity contribution < 1.29 is 14.4 Å². The normalized spacial score (nSPS) is 14.5. The number of benzene rings is 1. The van der Waals surface area contributed by atoms with E-state index in [-0.39, 0.29) is 11.9 Å². The van der Waals surface area contributed by atoms with Crippen molar-refractivity contribution in [1.29, 1.82) is 0 Å². The summed E-state index contributed by atoms with van der Waals surface area (Å²) >= 11 is 1.20. The number of thioether (sulfide) groups is 1. The fourth-order valence-corrected chi connectivity index (χ4v) is 3.27. The molecule has 0 spiro atoms. The summed E-state index contributed by atoms with van der Waals surface area (Å²) < 4.78 is 0. The Morgan fingerprint density at radius 3 is 2.65 bits per heavy atom. The standard InChI is InChI=1S/C18H20N4O3S/c1-10(16(23)22-18(25)19-2)26-15-9-13(17(24)20-11-7-8-11)12-5-3-4-6-14(12)21-15/h3-6,9-11H,7-8H2,1-2H3,(H,20,24)(H2,19,22,23,25).